The van der Waals surface area contributed by atoms with Gasteiger partial charge in [0, 0.05) is 18.8 Å². The number of hydrogen-bond acceptors (Lipinski definition) is 7. The van der Waals surface area contributed by atoms with Gasteiger partial charge in [-0.2, -0.15) is 0 Å². The third-order valence-electron chi connectivity index (χ3n) is 5.00. The Hall–Kier alpha value is -3.43. The van der Waals surface area contributed by atoms with Crippen LogP contribution in [0, 0.1) is 5.82 Å². The molecule has 0 spiro atoms. The number of rotatable bonds is 6. The first-order chi connectivity index (χ1) is 15.6. The van der Waals surface area contributed by atoms with Crippen LogP contribution in [0.5, 0.6) is 5.75 Å². The Balaban J connectivity index is 1.23. The molecule has 0 atom stereocenters. The van der Waals surface area contributed by atoms with Crippen molar-refractivity contribution in [1.29, 1.82) is 0 Å². The summed E-state index contributed by atoms with van der Waals surface area (Å²) in [6.45, 7) is 3.20. The van der Waals surface area contributed by atoms with Crippen LogP contribution >= 0.6 is 11.3 Å². The Morgan fingerprint density at radius 2 is 1.94 bits per heavy atom. The number of carbonyl (C=O) groups is 1. The number of hydrogen-bond donors (Lipinski definition) is 1. The van der Waals surface area contributed by atoms with E-state index in [4.69, 9.17) is 18.9 Å². The highest BCUT2D eigenvalue weighted by Crippen LogP contribution is 2.31. The Morgan fingerprint density at radius 1 is 1.12 bits per heavy atom. The first-order valence-corrected chi connectivity index (χ1v) is 11.0. The standard InChI is InChI=1S/C23H20FN3O4S/c24-15-1-4-17(5-2-15)30-14-18-6-8-20(31-18)22(28)25-16-3-7-19-21(13-16)32-23(26-19)27-9-11-29-12-10-27/h1-8,13H,9-12,14H2,(H,25,28). The zero-order valence-corrected chi connectivity index (χ0v) is 17.9. The van der Waals surface area contributed by atoms with Crippen molar-refractivity contribution in [1.82, 2.24) is 4.98 Å². The lowest BCUT2D eigenvalue weighted by molar-refractivity contribution is 0.0992. The Kier molecular flexibility index (Phi) is 5.74. The normalized spacial score (nSPS) is 14.0. The highest BCUT2D eigenvalue weighted by Gasteiger charge is 2.17. The topological polar surface area (TPSA) is 76.8 Å². The van der Waals surface area contributed by atoms with E-state index in [1.807, 2.05) is 18.2 Å². The Morgan fingerprint density at radius 3 is 2.75 bits per heavy atom. The van der Waals surface area contributed by atoms with Crippen molar-refractivity contribution in [3.63, 3.8) is 0 Å². The summed E-state index contributed by atoms with van der Waals surface area (Å²) in [7, 11) is 0. The van der Waals surface area contributed by atoms with Crippen molar-refractivity contribution in [3.05, 3.63) is 71.9 Å². The molecule has 7 nitrogen and oxygen atoms in total. The number of aromatic nitrogens is 1. The smallest absolute Gasteiger partial charge is 0.291 e. The molecule has 1 aliphatic heterocycles. The van der Waals surface area contributed by atoms with Crippen molar-refractivity contribution in [2.75, 3.05) is 36.5 Å². The molecule has 2 aromatic carbocycles. The summed E-state index contributed by atoms with van der Waals surface area (Å²) < 4.78 is 30.5. The second-order valence-electron chi connectivity index (χ2n) is 7.24. The molecule has 4 aromatic rings. The van der Waals surface area contributed by atoms with E-state index in [-0.39, 0.29) is 24.1 Å². The van der Waals surface area contributed by atoms with Crippen LogP contribution in [0.2, 0.25) is 0 Å². The molecule has 0 bridgehead atoms. The molecule has 0 radical (unpaired) electrons. The van der Waals surface area contributed by atoms with Crippen molar-refractivity contribution in [2.24, 2.45) is 0 Å². The zero-order chi connectivity index (χ0) is 21.9. The SMILES string of the molecule is O=C(Nc1ccc2nc(N3CCOCC3)sc2c1)c1ccc(COc2ccc(F)cc2)o1. The summed E-state index contributed by atoms with van der Waals surface area (Å²) in [5.41, 5.74) is 1.56. The summed E-state index contributed by atoms with van der Waals surface area (Å²) in [5.74, 6) is 0.509. The molecule has 1 amide bonds. The van der Waals surface area contributed by atoms with E-state index in [0.29, 0.717) is 30.4 Å². The lowest BCUT2D eigenvalue weighted by atomic mass is 10.3. The molecule has 2 aromatic heterocycles. The van der Waals surface area contributed by atoms with Gasteiger partial charge >= 0.3 is 0 Å². The van der Waals surface area contributed by atoms with Gasteiger partial charge in [-0.05, 0) is 54.6 Å². The van der Waals surface area contributed by atoms with Crippen molar-refractivity contribution in [3.8, 4) is 5.75 Å². The Labute approximate surface area is 187 Å². The fourth-order valence-corrected chi connectivity index (χ4v) is 4.39. The highest BCUT2D eigenvalue weighted by molar-refractivity contribution is 7.22. The zero-order valence-electron chi connectivity index (χ0n) is 17.0. The van der Waals surface area contributed by atoms with Gasteiger partial charge in [-0.3, -0.25) is 4.79 Å². The van der Waals surface area contributed by atoms with Gasteiger partial charge in [-0.15, -0.1) is 0 Å². The van der Waals surface area contributed by atoms with Crippen molar-refractivity contribution < 1.29 is 23.1 Å². The van der Waals surface area contributed by atoms with Crippen molar-refractivity contribution in [2.45, 2.75) is 6.61 Å². The quantitative estimate of drug-likeness (QED) is 0.456. The minimum Gasteiger partial charge on any atom is -0.486 e. The van der Waals surface area contributed by atoms with Crippen LogP contribution in [-0.4, -0.2) is 37.2 Å². The summed E-state index contributed by atoms with van der Waals surface area (Å²) in [6, 6.07) is 14.6. The lowest BCUT2D eigenvalue weighted by Gasteiger charge is -2.25. The molecule has 32 heavy (non-hydrogen) atoms. The molecule has 1 N–H and O–H groups in total. The number of nitrogens with one attached hydrogen (secondary N) is 1. The molecule has 0 unspecified atom stereocenters. The summed E-state index contributed by atoms with van der Waals surface area (Å²) in [6.07, 6.45) is 0. The molecular formula is C23H20FN3O4S. The van der Waals surface area contributed by atoms with Gasteiger partial charge in [0.15, 0.2) is 10.9 Å². The highest BCUT2D eigenvalue weighted by atomic mass is 32.1. The van der Waals surface area contributed by atoms with Gasteiger partial charge in [-0.25, -0.2) is 9.37 Å². The number of morpholine rings is 1. The maximum atomic E-state index is 13.0. The van der Waals surface area contributed by atoms with Crippen LogP contribution in [0.25, 0.3) is 10.2 Å². The number of anilines is 2. The summed E-state index contributed by atoms with van der Waals surface area (Å²) >= 11 is 1.59. The number of ether oxygens (including phenoxy) is 2. The van der Waals surface area contributed by atoms with Gasteiger partial charge in [0.05, 0.1) is 23.4 Å². The summed E-state index contributed by atoms with van der Waals surface area (Å²) in [5, 5.41) is 3.82. The molecule has 5 rings (SSSR count). The maximum absolute atomic E-state index is 13.0. The second-order valence-corrected chi connectivity index (χ2v) is 8.25. The fraction of sp³-hybridized carbons (Fsp3) is 0.217. The van der Waals surface area contributed by atoms with Gasteiger partial charge < -0.3 is 24.1 Å². The van der Waals surface area contributed by atoms with E-state index in [9.17, 15) is 9.18 Å². The average Bonchev–Trinajstić information content (AvgIpc) is 3.46. The van der Waals surface area contributed by atoms with Crippen LogP contribution in [-0.2, 0) is 11.3 Å². The van der Waals surface area contributed by atoms with Gasteiger partial charge in [-0.1, -0.05) is 11.3 Å². The van der Waals surface area contributed by atoms with E-state index in [0.717, 1.165) is 28.4 Å². The minimum atomic E-state index is -0.352. The van der Waals surface area contributed by atoms with E-state index in [1.165, 1.54) is 24.3 Å². The van der Waals surface area contributed by atoms with E-state index < -0.39 is 0 Å². The minimum absolute atomic E-state index is 0.135. The number of thiazole rings is 1. The molecule has 9 heteroatoms. The lowest BCUT2D eigenvalue weighted by Crippen LogP contribution is -2.36. The van der Waals surface area contributed by atoms with Crippen LogP contribution < -0.4 is 15.0 Å². The predicted octanol–water partition coefficient (Wildman–Crippen LogP) is 4.70. The third-order valence-corrected chi connectivity index (χ3v) is 6.08. The number of furan rings is 1. The van der Waals surface area contributed by atoms with Crippen LogP contribution in [0.15, 0.2) is 59.0 Å². The molecule has 0 saturated carbocycles. The van der Waals surface area contributed by atoms with E-state index in [1.54, 1.807) is 23.5 Å². The van der Waals surface area contributed by atoms with E-state index >= 15 is 0 Å². The molecule has 164 valence electrons. The number of fused-ring (bicyclic) bond motifs is 1. The number of halogens is 1. The Bertz CT molecular complexity index is 1230. The van der Waals surface area contributed by atoms with Crippen LogP contribution in [0.4, 0.5) is 15.2 Å². The molecule has 1 fully saturated rings. The molecule has 0 aliphatic carbocycles. The second kappa shape index (κ2) is 8.97. The fourth-order valence-electron chi connectivity index (χ4n) is 3.34. The third kappa shape index (κ3) is 4.58. The first-order valence-electron chi connectivity index (χ1n) is 10.2. The number of amides is 1. The van der Waals surface area contributed by atoms with Crippen LogP contribution in [0.1, 0.15) is 16.3 Å². The average molecular weight is 453 g/mol. The first kappa shape index (κ1) is 20.5. The molecular weight excluding hydrogens is 433 g/mol. The largest absolute Gasteiger partial charge is 0.486 e. The predicted molar refractivity (Wildman–Crippen MR) is 120 cm³/mol. The number of benzene rings is 2. The maximum Gasteiger partial charge on any atom is 0.291 e. The van der Waals surface area contributed by atoms with Gasteiger partial charge in [0.25, 0.3) is 5.91 Å². The molecule has 1 saturated heterocycles. The summed E-state index contributed by atoms with van der Waals surface area (Å²) in [4.78, 5) is 19.5. The van der Waals surface area contributed by atoms with Crippen molar-refractivity contribution >= 4 is 38.3 Å². The van der Waals surface area contributed by atoms with Gasteiger partial charge in [0.1, 0.15) is 23.9 Å². The van der Waals surface area contributed by atoms with Gasteiger partial charge in [0.2, 0.25) is 0 Å². The number of carbonyl (C=O) groups excluding carboxylic acids is 1. The molecule has 1 aliphatic rings. The van der Waals surface area contributed by atoms with Crippen LogP contribution in [0.3, 0.4) is 0 Å². The number of nitrogens with zero attached hydrogens (tertiary/aromatic N) is 2. The van der Waals surface area contributed by atoms with E-state index in [2.05, 4.69) is 10.2 Å². The molecule has 3 heterocycles. The monoisotopic (exact) mass is 453 g/mol.